The average molecular weight is 298 g/mol. The maximum atomic E-state index is 4.64. The van der Waals surface area contributed by atoms with Crippen LogP contribution in [-0.4, -0.2) is 46.1 Å². The predicted octanol–water partition coefficient (Wildman–Crippen LogP) is 1.83. The van der Waals surface area contributed by atoms with Gasteiger partial charge in [-0.1, -0.05) is 0 Å². The Morgan fingerprint density at radius 1 is 0.818 bits per heavy atom. The van der Waals surface area contributed by atoms with Crippen molar-refractivity contribution in [2.45, 2.75) is 27.7 Å². The van der Waals surface area contributed by atoms with Crippen LogP contribution in [0.5, 0.6) is 0 Å². The van der Waals surface area contributed by atoms with E-state index in [1.165, 1.54) is 5.56 Å². The summed E-state index contributed by atoms with van der Waals surface area (Å²) >= 11 is 0. The molecule has 2 aromatic rings. The van der Waals surface area contributed by atoms with E-state index in [0.717, 1.165) is 55.2 Å². The zero-order chi connectivity index (χ0) is 15.7. The van der Waals surface area contributed by atoms with Gasteiger partial charge in [0.25, 0.3) is 0 Å². The molecule has 3 heterocycles. The van der Waals surface area contributed by atoms with Crippen molar-refractivity contribution in [3.05, 3.63) is 35.2 Å². The van der Waals surface area contributed by atoms with Crippen LogP contribution in [0.3, 0.4) is 0 Å². The molecule has 0 aromatic carbocycles. The van der Waals surface area contributed by atoms with Crippen LogP contribution in [-0.2, 0) is 0 Å². The van der Waals surface area contributed by atoms with Crippen molar-refractivity contribution < 1.29 is 0 Å². The number of hydrogen-bond donors (Lipinski definition) is 0. The van der Waals surface area contributed by atoms with E-state index in [-0.39, 0.29) is 0 Å². The molecule has 1 aliphatic heterocycles. The molecule has 116 valence electrons. The summed E-state index contributed by atoms with van der Waals surface area (Å²) in [5.74, 6) is 3.74. The van der Waals surface area contributed by atoms with Crippen molar-refractivity contribution in [3.63, 3.8) is 0 Å². The molecule has 0 radical (unpaired) electrons. The lowest BCUT2D eigenvalue weighted by Crippen LogP contribution is -2.47. The second-order valence-electron chi connectivity index (χ2n) is 5.74. The molecule has 0 aliphatic carbocycles. The highest BCUT2D eigenvalue weighted by Gasteiger charge is 2.21. The molecule has 6 heteroatoms. The minimum Gasteiger partial charge on any atom is -0.353 e. The summed E-state index contributed by atoms with van der Waals surface area (Å²) < 4.78 is 0. The van der Waals surface area contributed by atoms with Gasteiger partial charge in [-0.2, -0.15) is 0 Å². The predicted molar refractivity (Wildman–Crippen MR) is 87.4 cm³/mol. The summed E-state index contributed by atoms with van der Waals surface area (Å²) in [4.78, 5) is 22.4. The lowest BCUT2D eigenvalue weighted by atomic mass is 10.2. The molecule has 22 heavy (non-hydrogen) atoms. The van der Waals surface area contributed by atoms with Crippen molar-refractivity contribution in [2.75, 3.05) is 36.0 Å². The molecule has 0 amide bonds. The van der Waals surface area contributed by atoms with Crippen LogP contribution in [0.15, 0.2) is 12.3 Å². The van der Waals surface area contributed by atoms with Gasteiger partial charge in [0, 0.05) is 43.6 Å². The van der Waals surface area contributed by atoms with Gasteiger partial charge >= 0.3 is 0 Å². The highest BCUT2D eigenvalue weighted by Crippen LogP contribution is 2.22. The highest BCUT2D eigenvalue weighted by atomic mass is 15.3. The minimum atomic E-state index is 0.817. The van der Waals surface area contributed by atoms with Gasteiger partial charge in [0.1, 0.15) is 23.3 Å². The van der Waals surface area contributed by atoms with E-state index in [2.05, 4.69) is 36.7 Å². The van der Waals surface area contributed by atoms with E-state index in [0.29, 0.717) is 0 Å². The maximum absolute atomic E-state index is 4.64. The quantitative estimate of drug-likeness (QED) is 0.843. The van der Waals surface area contributed by atoms with Crippen LogP contribution in [0.25, 0.3) is 0 Å². The molecule has 0 N–H and O–H groups in total. The van der Waals surface area contributed by atoms with Gasteiger partial charge in [-0.3, -0.25) is 0 Å². The number of aromatic nitrogens is 4. The van der Waals surface area contributed by atoms with E-state index in [1.807, 2.05) is 33.0 Å². The third-order valence-electron chi connectivity index (χ3n) is 4.14. The second-order valence-corrected chi connectivity index (χ2v) is 5.74. The van der Waals surface area contributed by atoms with E-state index in [1.54, 1.807) is 0 Å². The summed E-state index contributed by atoms with van der Waals surface area (Å²) in [6, 6.07) is 1.98. The van der Waals surface area contributed by atoms with Crippen LogP contribution in [0.4, 0.5) is 11.6 Å². The molecular weight excluding hydrogens is 276 g/mol. The Hall–Kier alpha value is -2.24. The fraction of sp³-hybridized carbons (Fsp3) is 0.500. The Morgan fingerprint density at radius 2 is 1.50 bits per heavy atom. The van der Waals surface area contributed by atoms with Gasteiger partial charge in [0.15, 0.2) is 0 Å². The Bertz CT molecular complexity index is 676. The lowest BCUT2D eigenvalue weighted by molar-refractivity contribution is 0.636. The van der Waals surface area contributed by atoms with Crippen molar-refractivity contribution >= 4 is 11.6 Å². The third-order valence-corrected chi connectivity index (χ3v) is 4.14. The number of anilines is 2. The molecule has 1 aliphatic rings. The van der Waals surface area contributed by atoms with Gasteiger partial charge in [-0.05, 0) is 33.8 Å². The Balaban J connectivity index is 1.75. The molecule has 0 bridgehead atoms. The first-order valence-corrected chi connectivity index (χ1v) is 7.66. The number of rotatable bonds is 2. The molecule has 0 atom stereocenters. The summed E-state index contributed by atoms with van der Waals surface area (Å²) in [5, 5.41) is 0. The fourth-order valence-corrected chi connectivity index (χ4v) is 2.83. The summed E-state index contributed by atoms with van der Waals surface area (Å²) in [5.41, 5.74) is 2.24. The smallest absolute Gasteiger partial charge is 0.135 e. The number of nitrogens with zero attached hydrogens (tertiary/aromatic N) is 6. The van der Waals surface area contributed by atoms with Gasteiger partial charge in [0.2, 0.25) is 0 Å². The second kappa shape index (κ2) is 5.87. The first kappa shape index (κ1) is 14.7. The van der Waals surface area contributed by atoms with Crippen LogP contribution >= 0.6 is 0 Å². The van der Waals surface area contributed by atoms with Crippen molar-refractivity contribution in [2.24, 2.45) is 0 Å². The van der Waals surface area contributed by atoms with Crippen molar-refractivity contribution in [3.8, 4) is 0 Å². The average Bonchev–Trinajstić information content (AvgIpc) is 2.51. The molecule has 3 rings (SSSR count). The zero-order valence-electron chi connectivity index (χ0n) is 13.7. The number of hydrogen-bond acceptors (Lipinski definition) is 6. The molecule has 2 aromatic heterocycles. The molecule has 6 nitrogen and oxygen atoms in total. The maximum Gasteiger partial charge on any atom is 0.135 e. The highest BCUT2D eigenvalue weighted by molar-refractivity contribution is 5.50. The number of piperazine rings is 1. The standard InChI is InChI=1S/C16H22N6/c1-11-12(2)18-14(4)20-16(11)22-9-7-21(8-10-22)15-5-6-17-13(3)19-15/h5-6H,7-10H2,1-4H3. The SMILES string of the molecule is Cc1nccc(N2CCN(c3nc(C)nc(C)c3C)CC2)n1. The van der Waals surface area contributed by atoms with Gasteiger partial charge in [-0.15, -0.1) is 0 Å². The Kier molecular flexibility index (Phi) is 3.92. The Labute approximate surface area is 131 Å². The van der Waals surface area contributed by atoms with Gasteiger partial charge in [0.05, 0.1) is 0 Å². The van der Waals surface area contributed by atoms with E-state index in [9.17, 15) is 0 Å². The largest absolute Gasteiger partial charge is 0.353 e. The van der Waals surface area contributed by atoms with E-state index < -0.39 is 0 Å². The summed E-state index contributed by atoms with van der Waals surface area (Å²) in [7, 11) is 0. The van der Waals surface area contributed by atoms with Crippen molar-refractivity contribution in [1.82, 2.24) is 19.9 Å². The molecule has 1 saturated heterocycles. The molecular formula is C16H22N6. The van der Waals surface area contributed by atoms with Gasteiger partial charge < -0.3 is 9.80 Å². The lowest BCUT2D eigenvalue weighted by Gasteiger charge is -2.36. The molecule has 0 spiro atoms. The zero-order valence-corrected chi connectivity index (χ0v) is 13.7. The third kappa shape index (κ3) is 2.86. The van der Waals surface area contributed by atoms with Gasteiger partial charge in [-0.25, -0.2) is 19.9 Å². The molecule has 0 unspecified atom stereocenters. The van der Waals surface area contributed by atoms with Crippen LogP contribution in [0.2, 0.25) is 0 Å². The molecule has 1 fully saturated rings. The summed E-state index contributed by atoms with van der Waals surface area (Å²) in [6.07, 6.45) is 1.82. The first-order chi connectivity index (χ1) is 10.5. The normalized spacial score (nSPS) is 15.3. The fourth-order valence-electron chi connectivity index (χ4n) is 2.83. The minimum absolute atomic E-state index is 0.817. The molecule has 0 saturated carbocycles. The van der Waals surface area contributed by atoms with Crippen LogP contribution < -0.4 is 9.80 Å². The van der Waals surface area contributed by atoms with E-state index >= 15 is 0 Å². The van der Waals surface area contributed by atoms with E-state index in [4.69, 9.17) is 0 Å². The monoisotopic (exact) mass is 298 g/mol. The first-order valence-electron chi connectivity index (χ1n) is 7.66. The van der Waals surface area contributed by atoms with Crippen LogP contribution in [0, 0.1) is 27.7 Å². The van der Waals surface area contributed by atoms with Crippen molar-refractivity contribution in [1.29, 1.82) is 0 Å². The number of aryl methyl sites for hydroxylation is 3. The Morgan fingerprint density at radius 3 is 2.18 bits per heavy atom. The topological polar surface area (TPSA) is 58.0 Å². The summed E-state index contributed by atoms with van der Waals surface area (Å²) in [6.45, 7) is 11.8. The van der Waals surface area contributed by atoms with Crippen LogP contribution in [0.1, 0.15) is 22.9 Å².